The van der Waals surface area contributed by atoms with E-state index >= 15 is 0 Å². The van der Waals surface area contributed by atoms with Crippen LogP contribution in [0.2, 0.25) is 0 Å². The van der Waals surface area contributed by atoms with E-state index in [9.17, 15) is 14.4 Å². The average molecular weight is 431 g/mol. The lowest BCUT2D eigenvalue weighted by Gasteiger charge is -2.07. The van der Waals surface area contributed by atoms with E-state index in [-0.39, 0.29) is 12.6 Å². The van der Waals surface area contributed by atoms with Gasteiger partial charge in [-0.2, -0.15) is 0 Å². The van der Waals surface area contributed by atoms with Gasteiger partial charge in [-0.25, -0.2) is 14.4 Å². The van der Waals surface area contributed by atoms with Crippen molar-refractivity contribution in [2.24, 2.45) is 0 Å². The van der Waals surface area contributed by atoms with Crippen LogP contribution >= 0.6 is 0 Å². The SMILES string of the molecule is CCCc1ccc(C(=O)OCCCc2cccc(C(=O)OC(=O)c3ccccc3)c2)cc1. The molecule has 0 unspecified atom stereocenters. The van der Waals surface area contributed by atoms with Gasteiger partial charge in [-0.3, -0.25) is 0 Å². The molecule has 0 aliphatic heterocycles. The average Bonchev–Trinajstić information content (AvgIpc) is 2.83. The minimum Gasteiger partial charge on any atom is -0.462 e. The summed E-state index contributed by atoms with van der Waals surface area (Å²) in [6.45, 7) is 2.39. The van der Waals surface area contributed by atoms with Crippen molar-refractivity contribution in [3.05, 3.63) is 107 Å². The molecule has 0 heterocycles. The van der Waals surface area contributed by atoms with Crippen LogP contribution in [-0.4, -0.2) is 24.5 Å². The molecule has 3 aromatic rings. The van der Waals surface area contributed by atoms with Gasteiger partial charge in [0.05, 0.1) is 23.3 Å². The Bertz CT molecular complexity index is 1050. The molecule has 0 spiro atoms. The first-order valence-electron chi connectivity index (χ1n) is 10.7. The highest BCUT2D eigenvalue weighted by Crippen LogP contribution is 2.12. The van der Waals surface area contributed by atoms with Crippen LogP contribution in [0.1, 0.15) is 62.0 Å². The summed E-state index contributed by atoms with van der Waals surface area (Å²) in [5.41, 5.74) is 3.26. The number of esters is 3. The summed E-state index contributed by atoms with van der Waals surface area (Å²) in [6, 6.07) is 22.8. The fourth-order valence-corrected chi connectivity index (χ4v) is 3.25. The van der Waals surface area contributed by atoms with Crippen molar-refractivity contribution in [3.63, 3.8) is 0 Å². The Morgan fingerprint density at radius 1 is 0.656 bits per heavy atom. The Morgan fingerprint density at radius 3 is 2.03 bits per heavy atom. The van der Waals surface area contributed by atoms with Gasteiger partial charge in [-0.05, 0) is 66.8 Å². The van der Waals surface area contributed by atoms with Crippen LogP contribution in [0.4, 0.5) is 0 Å². The highest BCUT2D eigenvalue weighted by Gasteiger charge is 2.15. The smallest absolute Gasteiger partial charge is 0.346 e. The van der Waals surface area contributed by atoms with E-state index in [1.165, 1.54) is 5.56 Å². The second-order valence-corrected chi connectivity index (χ2v) is 7.43. The predicted molar refractivity (Wildman–Crippen MR) is 122 cm³/mol. The number of rotatable bonds is 9. The van der Waals surface area contributed by atoms with Gasteiger partial charge in [0.1, 0.15) is 0 Å². The van der Waals surface area contributed by atoms with Gasteiger partial charge in [0.25, 0.3) is 0 Å². The van der Waals surface area contributed by atoms with Crippen molar-refractivity contribution in [1.29, 1.82) is 0 Å². The van der Waals surface area contributed by atoms with Crippen LogP contribution < -0.4 is 0 Å². The quantitative estimate of drug-likeness (QED) is 0.257. The molecule has 0 radical (unpaired) electrons. The molecule has 32 heavy (non-hydrogen) atoms. The maximum Gasteiger partial charge on any atom is 0.346 e. The molecule has 5 heteroatoms. The molecule has 0 fully saturated rings. The molecule has 0 atom stereocenters. The number of aryl methyl sites for hydroxylation is 2. The van der Waals surface area contributed by atoms with E-state index in [4.69, 9.17) is 9.47 Å². The Balaban J connectivity index is 1.47. The summed E-state index contributed by atoms with van der Waals surface area (Å²) < 4.78 is 10.3. The molecule has 0 aliphatic rings. The standard InChI is InChI=1S/C27H26O5/c1-2-8-20-14-16-23(17-15-20)25(28)31-18-7-10-21-9-6-13-24(19-21)27(30)32-26(29)22-11-4-3-5-12-22/h3-6,9,11-17,19H,2,7-8,10,18H2,1H3. The number of hydrogen-bond acceptors (Lipinski definition) is 5. The summed E-state index contributed by atoms with van der Waals surface area (Å²) in [4.78, 5) is 36.5. The first kappa shape index (κ1) is 22.9. The van der Waals surface area contributed by atoms with Crippen LogP contribution in [-0.2, 0) is 22.3 Å². The van der Waals surface area contributed by atoms with E-state index < -0.39 is 11.9 Å². The molecule has 0 N–H and O–H groups in total. The van der Waals surface area contributed by atoms with Crippen molar-refractivity contribution in [1.82, 2.24) is 0 Å². The van der Waals surface area contributed by atoms with Crippen molar-refractivity contribution in [2.75, 3.05) is 6.61 Å². The zero-order valence-electron chi connectivity index (χ0n) is 18.1. The Morgan fingerprint density at radius 2 is 1.31 bits per heavy atom. The van der Waals surface area contributed by atoms with E-state index in [1.54, 1.807) is 60.7 Å². The van der Waals surface area contributed by atoms with Crippen molar-refractivity contribution >= 4 is 17.9 Å². The first-order valence-corrected chi connectivity index (χ1v) is 10.7. The van der Waals surface area contributed by atoms with Crippen molar-refractivity contribution in [2.45, 2.75) is 32.6 Å². The molecule has 0 saturated heterocycles. The number of benzene rings is 3. The van der Waals surface area contributed by atoms with Crippen molar-refractivity contribution < 1.29 is 23.9 Å². The topological polar surface area (TPSA) is 69.7 Å². The number of carbonyl (C=O) groups is 3. The van der Waals surface area contributed by atoms with Gasteiger partial charge in [-0.15, -0.1) is 0 Å². The second-order valence-electron chi connectivity index (χ2n) is 7.43. The highest BCUT2D eigenvalue weighted by molar-refractivity contribution is 6.02. The third-order valence-electron chi connectivity index (χ3n) is 4.93. The van der Waals surface area contributed by atoms with Gasteiger partial charge in [0.2, 0.25) is 0 Å². The van der Waals surface area contributed by atoms with E-state index in [1.807, 2.05) is 18.2 Å². The minimum absolute atomic E-state index is 0.275. The zero-order chi connectivity index (χ0) is 22.8. The number of carbonyl (C=O) groups excluding carboxylic acids is 3. The summed E-state index contributed by atoms with van der Waals surface area (Å²) in [7, 11) is 0. The highest BCUT2D eigenvalue weighted by atomic mass is 16.6. The fourth-order valence-electron chi connectivity index (χ4n) is 3.25. The molecule has 0 aromatic heterocycles. The summed E-state index contributed by atoms with van der Waals surface area (Å²) in [6.07, 6.45) is 3.28. The second kappa shape index (κ2) is 11.6. The Kier molecular flexibility index (Phi) is 8.32. The van der Waals surface area contributed by atoms with Crippen molar-refractivity contribution in [3.8, 4) is 0 Å². The molecular formula is C27H26O5. The van der Waals surface area contributed by atoms with Crippen LogP contribution in [0, 0.1) is 0 Å². The minimum atomic E-state index is -0.696. The molecule has 3 rings (SSSR count). The molecule has 164 valence electrons. The van der Waals surface area contributed by atoms with Gasteiger partial charge in [0, 0.05) is 0 Å². The fraction of sp³-hybridized carbons (Fsp3) is 0.222. The summed E-state index contributed by atoms with van der Waals surface area (Å²) in [5.74, 6) is -1.72. The van der Waals surface area contributed by atoms with E-state index in [0.29, 0.717) is 29.5 Å². The van der Waals surface area contributed by atoms with Gasteiger partial charge < -0.3 is 9.47 Å². The van der Waals surface area contributed by atoms with Crippen LogP contribution in [0.3, 0.4) is 0 Å². The van der Waals surface area contributed by atoms with E-state index in [2.05, 4.69) is 6.92 Å². The molecule has 0 bridgehead atoms. The maximum absolute atomic E-state index is 12.3. The largest absolute Gasteiger partial charge is 0.462 e. The lowest BCUT2D eigenvalue weighted by molar-refractivity contribution is 0.0396. The molecule has 3 aromatic carbocycles. The first-order chi connectivity index (χ1) is 15.6. The monoisotopic (exact) mass is 430 g/mol. The number of hydrogen-bond donors (Lipinski definition) is 0. The molecule has 0 aliphatic carbocycles. The van der Waals surface area contributed by atoms with Crippen LogP contribution in [0.15, 0.2) is 78.9 Å². The zero-order valence-corrected chi connectivity index (χ0v) is 18.1. The Hall–Kier alpha value is -3.73. The van der Waals surface area contributed by atoms with Gasteiger partial charge in [0.15, 0.2) is 0 Å². The predicted octanol–water partition coefficient (Wildman–Crippen LogP) is 5.43. The third-order valence-corrected chi connectivity index (χ3v) is 4.93. The molecular weight excluding hydrogens is 404 g/mol. The Labute approximate surface area is 188 Å². The normalized spacial score (nSPS) is 10.4. The van der Waals surface area contributed by atoms with E-state index in [0.717, 1.165) is 18.4 Å². The summed E-state index contributed by atoms with van der Waals surface area (Å²) >= 11 is 0. The lowest BCUT2D eigenvalue weighted by Crippen LogP contribution is -2.13. The molecule has 5 nitrogen and oxygen atoms in total. The van der Waals surface area contributed by atoms with Gasteiger partial charge >= 0.3 is 17.9 Å². The summed E-state index contributed by atoms with van der Waals surface area (Å²) in [5, 5.41) is 0. The number of ether oxygens (including phenoxy) is 2. The van der Waals surface area contributed by atoms with Gasteiger partial charge in [-0.1, -0.05) is 55.8 Å². The lowest BCUT2D eigenvalue weighted by atomic mass is 10.1. The molecule has 0 saturated carbocycles. The molecule has 0 amide bonds. The maximum atomic E-state index is 12.3. The van der Waals surface area contributed by atoms with Crippen LogP contribution in [0.5, 0.6) is 0 Å². The van der Waals surface area contributed by atoms with Crippen LogP contribution in [0.25, 0.3) is 0 Å². The third kappa shape index (κ3) is 6.64.